The lowest BCUT2D eigenvalue weighted by Gasteiger charge is -2.30. The Hall–Kier alpha value is -0.0400. The van der Waals surface area contributed by atoms with Crippen LogP contribution < -0.4 is 0 Å². The first-order chi connectivity index (χ1) is 5.36. The first kappa shape index (κ1) is 6.47. The van der Waals surface area contributed by atoms with Crippen molar-refractivity contribution in [3.63, 3.8) is 0 Å². The van der Waals surface area contributed by atoms with Crippen LogP contribution in [0.3, 0.4) is 0 Å². The van der Waals surface area contributed by atoms with Gasteiger partial charge in [0.25, 0.3) is 0 Å². The van der Waals surface area contributed by atoms with E-state index in [0.29, 0.717) is 0 Å². The zero-order chi connectivity index (χ0) is 7.42. The van der Waals surface area contributed by atoms with Crippen LogP contribution in [-0.4, -0.2) is 11.2 Å². The topological polar surface area (TPSA) is 20.2 Å². The standard InChI is InChI=1S/C10H16O/c11-9-4-2-6-5-7-1-3-8(6)10(7)9/h6-11H,1-5H2. The molecule has 3 rings (SSSR count). The van der Waals surface area contributed by atoms with Crippen LogP contribution in [-0.2, 0) is 0 Å². The molecule has 3 aliphatic carbocycles. The zero-order valence-corrected chi connectivity index (χ0v) is 6.87. The van der Waals surface area contributed by atoms with E-state index in [2.05, 4.69) is 0 Å². The Morgan fingerprint density at radius 3 is 2.55 bits per heavy atom. The third kappa shape index (κ3) is 0.703. The molecule has 0 spiro atoms. The van der Waals surface area contributed by atoms with Crippen molar-refractivity contribution in [2.24, 2.45) is 23.7 Å². The van der Waals surface area contributed by atoms with Crippen LogP contribution in [0.5, 0.6) is 0 Å². The van der Waals surface area contributed by atoms with Crippen LogP contribution in [0.1, 0.15) is 32.1 Å². The number of hydrogen-bond donors (Lipinski definition) is 1. The lowest BCUT2D eigenvalue weighted by atomic mass is 9.77. The van der Waals surface area contributed by atoms with Gasteiger partial charge >= 0.3 is 0 Å². The van der Waals surface area contributed by atoms with Crippen LogP contribution in [0.4, 0.5) is 0 Å². The van der Waals surface area contributed by atoms with E-state index in [9.17, 15) is 5.11 Å². The molecule has 0 aromatic heterocycles. The van der Waals surface area contributed by atoms with Gasteiger partial charge in [0.05, 0.1) is 6.10 Å². The molecule has 11 heavy (non-hydrogen) atoms. The van der Waals surface area contributed by atoms with Crippen LogP contribution in [0, 0.1) is 23.7 Å². The number of aliphatic hydroxyl groups excluding tert-OH is 1. The Kier molecular flexibility index (Phi) is 1.18. The highest BCUT2D eigenvalue weighted by atomic mass is 16.3. The predicted molar refractivity (Wildman–Crippen MR) is 43.1 cm³/mol. The SMILES string of the molecule is OC1CCC2CC3CCC2C13. The molecule has 1 heteroatoms. The minimum absolute atomic E-state index is 0.0752. The second-order valence-corrected chi connectivity index (χ2v) is 4.72. The molecule has 0 radical (unpaired) electrons. The summed E-state index contributed by atoms with van der Waals surface area (Å²) in [5.74, 6) is 3.60. The molecule has 0 heterocycles. The summed E-state index contributed by atoms with van der Waals surface area (Å²) in [5, 5.41) is 9.78. The number of hydrogen-bond acceptors (Lipinski definition) is 1. The molecule has 0 aliphatic heterocycles. The van der Waals surface area contributed by atoms with E-state index in [1.165, 1.54) is 25.7 Å². The first-order valence-electron chi connectivity index (χ1n) is 5.04. The molecule has 5 atom stereocenters. The van der Waals surface area contributed by atoms with Crippen molar-refractivity contribution in [2.75, 3.05) is 0 Å². The van der Waals surface area contributed by atoms with E-state index in [-0.39, 0.29) is 6.10 Å². The molecule has 3 fully saturated rings. The number of rotatable bonds is 0. The van der Waals surface area contributed by atoms with Gasteiger partial charge in [0.1, 0.15) is 0 Å². The van der Waals surface area contributed by atoms with E-state index >= 15 is 0 Å². The molecule has 62 valence electrons. The largest absolute Gasteiger partial charge is 0.393 e. The van der Waals surface area contributed by atoms with Crippen molar-refractivity contribution in [3.8, 4) is 0 Å². The third-order valence-corrected chi connectivity index (χ3v) is 4.40. The van der Waals surface area contributed by atoms with Crippen LogP contribution in [0.25, 0.3) is 0 Å². The minimum atomic E-state index is 0.0752. The second kappa shape index (κ2) is 2.01. The Morgan fingerprint density at radius 2 is 1.73 bits per heavy atom. The highest BCUT2D eigenvalue weighted by molar-refractivity contribution is 5.02. The van der Waals surface area contributed by atoms with E-state index in [0.717, 1.165) is 30.1 Å². The molecule has 1 nitrogen and oxygen atoms in total. The first-order valence-corrected chi connectivity index (χ1v) is 5.04. The Balaban J connectivity index is 1.94. The maximum absolute atomic E-state index is 9.78. The van der Waals surface area contributed by atoms with Crippen molar-refractivity contribution in [1.82, 2.24) is 0 Å². The second-order valence-electron chi connectivity index (χ2n) is 4.72. The summed E-state index contributed by atoms with van der Waals surface area (Å²) in [6.07, 6.45) is 6.79. The predicted octanol–water partition coefficient (Wildman–Crippen LogP) is 1.80. The normalized spacial score (nSPS) is 60.3. The van der Waals surface area contributed by atoms with Crippen molar-refractivity contribution in [2.45, 2.75) is 38.2 Å². The summed E-state index contributed by atoms with van der Waals surface area (Å²) in [5.41, 5.74) is 0. The third-order valence-electron chi connectivity index (χ3n) is 4.40. The summed E-state index contributed by atoms with van der Waals surface area (Å²) in [4.78, 5) is 0. The fourth-order valence-electron chi connectivity index (χ4n) is 4.04. The zero-order valence-electron chi connectivity index (χ0n) is 6.87. The van der Waals surface area contributed by atoms with Crippen molar-refractivity contribution < 1.29 is 5.11 Å². The minimum Gasteiger partial charge on any atom is -0.393 e. The van der Waals surface area contributed by atoms with Gasteiger partial charge in [0.15, 0.2) is 0 Å². The quantitative estimate of drug-likeness (QED) is 0.561. The molecule has 5 unspecified atom stereocenters. The van der Waals surface area contributed by atoms with Gasteiger partial charge in [0, 0.05) is 0 Å². The Labute approximate surface area is 67.8 Å². The molecule has 0 aromatic carbocycles. The molecule has 1 N–H and O–H groups in total. The van der Waals surface area contributed by atoms with Gasteiger partial charge in [-0.3, -0.25) is 0 Å². The Morgan fingerprint density at radius 1 is 0.909 bits per heavy atom. The Bertz CT molecular complexity index is 178. The van der Waals surface area contributed by atoms with Crippen molar-refractivity contribution >= 4 is 0 Å². The summed E-state index contributed by atoms with van der Waals surface area (Å²) in [6, 6.07) is 0. The average molecular weight is 152 g/mol. The van der Waals surface area contributed by atoms with E-state index in [1.807, 2.05) is 0 Å². The molecular formula is C10H16O. The molecule has 0 aromatic rings. The maximum atomic E-state index is 9.78. The summed E-state index contributed by atoms with van der Waals surface area (Å²) < 4.78 is 0. The van der Waals surface area contributed by atoms with Gasteiger partial charge in [-0.15, -0.1) is 0 Å². The maximum Gasteiger partial charge on any atom is 0.0573 e. The highest BCUT2D eigenvalue weighted by Crippen LogP contribution is 2.58. The number of aliphatic hydroxyl groups is 1. The summed E-state index contributed by atoms with van der Waals surface area (Å²) in [7, 11) is 0. The van der Waals surface area contributed by atoms with Crippen LogP contribution in [0.15, 0.2) is 0 Å². The van der Waals surface area contributed by atoms with Gasteiger partial charge in [0.2, 0.25) is 0 Å². The van der Waals surface area contributed by atoms with E-state index < -0.39 is 0 Å². The van der Waals surface area contributed by atoms with Crippen LogP contribution >= 0.6 is 0 Å². The monoisotopic (exact) mass is 152 g/mol. The van der Waals surface area contributed by atoms with Crippen LogP contribution in [0.2, 0.25) is 0 Å². The van der Waals surface area contributed by atoms with Gasteiger partial charge < -0.3 is 5.11 Å². The van der Waals surface area contributed by atoms with Gasteiger partial charge in [-0.25, -0.2) is 0 Å². The summed E-state index contributed by atoms with van der Waals surface area (Å²) in [6.45, 7) is 0. The van der Waals surface area contributed by atoms with Gasteiger partial charge in [-0.05, 0) is 55.8 Å². The smallest absolute Gasteiger partial charge is 0.0573 e. The fraction of sp³-hybridized carbons (Fsp3) is 1.00. The van der Waals surface area contributed by atoms with Gasteiger partial charge in [-0.2, -0.15) is 0 Å². The molecule has 0 amide bonds. The molecular weight excluding hydrogens is 136 g/mol. The molecule has 4 bridgehead atoms. The summed E-state index contributed by atoms with van der Waals surface area (Å²) >= 11 is 0. The average Bonchev–Trinajstić information content (AvgIpc) is 2.52. The van der Waals surface area contributed by atoms with E-state index in [4.69, 9.17) is 0 Å². The van der Waals surface area contributed by atoms with Crippen molar-refractivity contribution in [3.05, 3.63) is 0 Å². The highest BCUT2D eigenvalue weighted by Gasteiger charge is 2.52. The molecule has 0 saturated heterocycles. The molecule has 3 saturated carbocycles. The lowest BCUT2D eigenvalue weighted by Crippen LogP contribution is -2.30. The fourth-order valence-corrected chi connectivity index (χ4v) is 4.04. The molecule has 3 aliphatic rings. The van der Waals surface area contributed by atoms with Gasteiger partial charge in [-0.1, -0.05) is 0 Å². The lowest BCUT2D eigenvalue weighted by molar-refractivity contribution is 0.0422. The van der Waals surface area contributed by atoms with E-state index in [1.54, 1.807) is 0 Å². The van der Waals surface area contributed by atoms with Crippen molar-refractivity contribution in [1.29, 1.82) is 0 Å².